The Morgan fingerprint density at radius 1 is 1.19 bits per heavy atom. The SMILES string of the molecule is CCCNCC(CC(C)C)C(C)CCOC. The van der Waals surface area contributed by atoms with Crippen LogP contribution in [0.2, 0.25) is 0 Å². The lowest BCUT2D eigenvalue weighted by atomic mass is 9.84. The highest BCUT2D eigenvalue weighted by Crippen LogP contribution is 2.22. The average Bonchev–Trinajstić information content (AvgIpc) is 2.24. The van der Waals surface area contributed by atoms with Gasteiger partial charge in [-0.3, -0.25) is 0 Å². The molecule has 0 rings (SSSR count). The summed E-state index contributed by atoms with van der Waals surface area (Å²) >= 11 is 0. The van der Waals surface area contributed by atoms with Crippen molar-refractivity contribution in [3.63, 3.8) is 0 Å². The van der Waals surface area contributed by atoms with Crippen LogP contribution in [-0.2, 0) is 4.74 Å². The van der Waals surface area contributed by atoms with Gasteiger partial charge in [-0.05, 0) is 50.1 Å². The molecule has 0 spiro atoms. The molecule has 0 radical (unpaired) electrons. The van der Waals surface area contributed by atoms with E-state index in [0.29, 0.717) is 0 Å². The molecule has 2 heteroatoms. The molecule has 0 aromatic rings. The molecule has 0 aliphatic rings. The van der Waals surface area contributed by atoms with Gasteiger partial charge in [-0.2, -0.15) is 0 Å². The molecule has 16 heavy (non-hydrogen) atoms. The van der Waals surface area contributed by atoms with E-state index in [4.69, 9.17) is 4.74 Å². The third-order valence-corrected chi connectivity index (χ3v) is 3.19. The van der Waals surface area contributed by atoms with Crippen LogP contribution in [0.3, 0.4) is 0 Å². The molecular formula is C14H31NO. The molecule has 0 aromatic carbocycles. The Morgan fingerprint density at radius 2 is 1.88 bits per heavy atom. The molecule has 98 valence electrons. The molecule has 0 bridgehead atoms. The van der Waals surface area contributed by atoms with Gasteiger partial charge in [-0.15, -0.1) is 0 Å². The number of rotatable bonds is 10. The van der Waals surface area contributed by atoms with Crippen molar-refractivity contribution in [2.24, 2.45) is 17.8 Å². The fourth-order valence-corrected chi connectivity index (χ4v) is 2.13. The summed E-state index contributed by atoms with van der Waals surface area (Å²) in [5.74, 6) is 2.34. The van der Waals surface area contributed by atoms with Gasteiger partial charge in [0.25, 0.3) is 0 Å². The normalized spacial score (nSPS) is 15.4. The first-order valence-electron chi connectivity index (χ1n) is 6.81. The molecular weight excluding hydrogens is 198 g/mol. The van der Waals surface area contributed by atoms with E-state index in [2.05, 4.69) is 33.0 Å². The highest BCUT2D eigenvalue weighted by atomic mass is 16.5. The summed E-state index contributed by atoms with van der Waals surface area (Å²) in [6, 6.07) is 0. The van der Waals surface area contributed by atoms with Crippen molar-refractivity contribution in [3.05, 3.63) is 0 Å². The van der Waals surface area contributed by atoms with Gasteiger partial charge in [0, 0.05) is 13.7 Å². The topological polar surface area (TPSA) is 21.3 Å². The van der Waals surface area contributed by atoms with Crippen molar-refractivity contribution in [1.82, 2.24) is 5.32 Å². The molecule has 2 unspecified atom stereocenters. The smallest absolute Gasteiger partial charge is 0.0464 e. The van der Waals surface area contributed by atoms with E-state index in [0.717, 1.165) is 37.5 Å². The van der Waals surface area contributed by atoms with Crippen LogP contribution < -0.4 is 5.32 Å². The number of nitrogens with one attached hydrogen (secondary N) is 1. The maximum Gasteiger partial charge on any atom is 0.0464 e. The third-order valence-electron chi connectivity index (χ3n) is 3.19. The van der Waals surface area contributed by atoms with Crippen LogP contribution >= 0.6 is 0 Å². The quantitative estimate of drug-likeness (QED) is 0.580. The van der Waals surface area contributed by atoms with Gasteiger partial charge in [-0.1, -0.05) is 27.7 Å². The molecule has 0 aromatic heterocycles. The van der Waals surface area contributed by atoms with Gasteiger partial charge in [0.2, 0.25) is 0 Å². The Labute approximate surface area is 102 Å². The Bertz CT molecular complexity index is 148. The molecule has 0 saturated heterocycles. The second-order valence-electron chi connectivity index (χ2n) is 5.35. The number of hydrogen-bond acceptors (Lipinski definition) is 2. The molecule has 0 aliphatic carbocycles. The molecule has 0 fully saturated rings. The maximum absolute atomic E-state index is 5.17. The highest BCUT2D eigenvalue weighted by molar-refractivity contribution is 4.70. The number of ether oxygens (including phenoxy) is 1. The summed E-state index contributed by atoms with van der Waals surface area (Å²) in [4.78, 5) is 0. The zero-order valence-electron chi connectivity index (χ0n) is 11.9. The van der Waals surface area contributed by atoms with Crippen molar-refractivity contribution >= 4 is 0 Å². The van der Waals surface area contributed by atoms with E-state index >= 15 is 0 Å². The minimum absolute atomic E-state index is 0.756. The van der Waals surface area contributed by atoms with Crippen molar-refractivity contribution in [1.29, 1.82) is 0 Å². The highest BCUT2D eigenvalue weighted by Gasteiger charge is 2.17. The summed E-state index contributed by atoms with van der Waals surface area (Å²) in [6.45, 7) is 12.4. The van der Waals surface area contributed by atoms with Gasteiger partial charge in [-0.25, -0.2) is 0 Å². The van der Waals surface area contributed by atoms with Crippen LogP contribution in [-0.4, -0.2) is 26.8 Å². The lowest BCUT2D eigenvalue weighted by Gasteiger charge is -2.26. The minimum Gasteiger partial charge on any atom is -0.385 e. The number of methoxy groups -OCH3 is 1. The first-order chi connectivity index (χ1) is 7.61. The zero-order valence-corrected chi connectivity index (χ0v) is 11.9. The Hall–Kier alpha value is -0.0800. The van der Waals surface area contributed by atoms with Gasteiger partial charge in [0.05, 0.1) is 0 Å². The van der Waals surface area contributed by atoms with Gasteiger partial charge < -0.3 is 10.1 Å². The molecule has 0 heterocycles. The van der Waals surface area contributed by atoms with Gasteiger partial charge in [0.15, 0.2) is 0 Å². The average molecular weight is 229 g/mol. The Balaban J connectivity index is 3.96. The summed E-state index contributed by atoms with van der Waals surface area (Å²) < 4.78 is 5.17. The van der Waals surface area contributed by atoms with Crippen molar-refractivity contribution < 1.29 is 4.74 Å². The predicted octanol–water partition coefficient (Wildman–Crippen LogP) is 3.32. The lowest BCUT2D eigenvalue weighted by molar-refractivity contribution is 0.158. The van der Waals surface area contributed by atoms with E-state index in [1.54, 1.807) is 7.11 Å². The standard InChI is InChI=1S/C14H31NO/c1-6-8-15-11-14(10-12(2)3)13(4)7-9-16-5/h12-15H,6-11H2,1-5H3. The fourth-order valence-electron chi connectivity index (χ4n) is 2.13. The second kappa shape index (κ2) is 10.1. The van der Waals surface area contributed by atoms with Crippen LogP contribution in [0.25, 0.3) is 0 Å². The van der Waals surface area contributed by atoms with Crippen LogP contribution in [0.5, 0.6) is 0 Å². The largest absolute Gasteiger partial charge is 0.385 e. The second-order valence-corrected chi connectivity index (χ2v) is 5.35. The van der Waals surface area contributed by atoms with Crippen molar-refractivity contribution in [2.45, 2.75) is 47.0 Å². The van der Waals surface area contributed by atoms with Gasteiger partial charge in [0.1, 0.15) is 0 Å². The van der Waals surface area contributed by atoms with Crippen LogP contribution in [0, 0.1) is 17.8 Å². The lowest BCUT2D eigenvalue weighted by Crippen LogP contribution is -2.29. The fraction of sp³-hybridized carbons (Fsp3) is 1.00. The molecule has 0 amide bonds. The molecule has 0 saturated carbocycles. The van der Waals surface area contributed by atoms with E-state index in [1.165, 1.54) is 19.3 Å². The van der Waals surface area contributed by atoms with Crippen molar-refractivity contribution in [3.8, 4) is 0 Å². The van der Waals surface area contributed by atoms with E-state index < -0.39 is 0 Å². The predicted molar refractivity (Wildman–Crippen MR) is 71.8 cm³/mol. The number of hydrogen-bond donors (Lipinski definition) is 1. The summed E-state index contributed by atoms with van der Waals surface area (Å²) in [7, 11) is 1.79. The molecule has 2 nitrogen and oxygen atoms in total. The molecule has 0 aliphatic heterocycles. The molecule has 1 N–H and O–H groups in total. The first kappa shape index (κ1) is 15.9. The Kier molecular flexibility index (Phi) is 10.0. The summed E-state index contributed by atoms with van der Waals surface area (Å²) in [6.07, 6.45) is 3.73. The minimum atomic E-state index is 0.756. The third kappa shape index (κ3) is 8.12. The summed E-state index contributed by atoms with van der Waals surface area (Å²) in [5, 5.41) is 3.56. The molecule has 2 atom stereocenters. The van der Waals surface area contributed by atoms with Crippen LogP contribution in [0.4, 0.5) is 0 Å². The van der Waals surface area contributed by atoms with E-state index in [9.17, 15) is 0 Å². The zero-order chi connectivity index (χ0) is 12.4. The summed E-state index contributed by atoms with van der Waals surface area (Å²) in [5.41, 5.74) is 0. The Morgan fingerprint density at radius 3 is 2.38 bits per heavy atom. The first-order valence-corrected chi connectivity index (χ1v) is 6.81. The van der Waals surface area contributed by atoms with E-state index in [-0.39, 0.29) is 0 Å². The van der Waals surface area contributed by atoms with E-state index in [1.807, 2.05) is 0 Å². The van der Waals surface area contributed by atoms with Crippen molar-refractivity contribution in [2.75, 3.05) is 26.8 Å². The van der Waals surface area contributed by atoms with Crippen LogP contribution in [0.15, 0.2) is 0 Å². The maximum atomic E-state index is 5.17. The van der Waals surface area contributed by atoms with Crippen LogP contribution in [0.1, 0.15) is 47.0 Å². The monoisotopic (exact) mass is 229 g/mol. The van der Waals surface area contributed by atoms with Gasteiger partial charge >= 0.3 is 0 Å².